The maximum Gasteiger partial charge on any atom is 0.186 e. The summed E-state index contributed by atoms with van der Waals surface area (Å²) in [6.45, 7) is 2.98. The summed E-state index contributed by atoms with van der Waals surface area (Å²) in [6, 6.07) is 0. The number of ether oxygens (including phenoxy) is 3. The lowest BCUT2D eigenvalue weighted by Crippen LogP contribution is -2.27. The Bertz CT molecular complexity index is 391. The highest BCUT2D eigenvalue weighted by atomic mass is 32.1. The van der Waals surface area contributed by atoms with Gasteiger partial charge in [-0.05, 0) is 7.05 Å². The number of hydrogen-bond donors (Lipinski definition) is 1. The van der Waals surface area contributed by atoms with E-state index in [1.54, 1.807) is 32.7 Å². The number of thiazole rings is 1. The zero-order valence-electron chi connectivity index (χ0n) is 12.5. The Kier molecular flexibility index (Phi) is 5.74. The SMILES string of the molecule is CNCc1sc(N2CC(OC)C(OC)C2)nc1COC. The molecule has 2 atom stereocenters. The van der Waals surface area contributed by atoms with Crippen LogP contribution in [-0.4, -0.2) is 58.7 Å². The molecule has 114 valence electrons. The smallest absolute Gasteiger partial charge is 0.186 e. The quantitative estimate of drug-likeness (QED) is 0.806. The minimum atomic E-state index is 0.0996. The summed E-state index contributed by atoms with van der Waals surface area (Å²) in [4.78, 5) is 8.16. The van der Waals surface area contributed by atoms with E-state index in [0.717, 1.165) is 30.5 Å². The van der Waals surface area contributed by atoms with Gasteiger partial charge in [0.05, 0.1) is 12.3 Å². The lowest BCUT2D eigenvalue weighted by Gasteiger charge is -2.13. The summed E-state index contributed by atoms with van der Waals surface area (Å²) in [5.41, 5.74) is 1.01. The van der Waals surface area contributed by atoms with E-state index in [0.29, 0.717) is 6.61 Å². The first kappa shape index (κ1) is 15.7. The molecule has 1 aromatic heterocycles. The number of hydrogen-bond acceptors (Lipinski definition) is 7. The van der Waals surface area contributed by atoms with Gasteiger partial charge >= 0.3 is 0 Å². The number of methoxy groups -OCH3 is 3. The molecule has 7 heteroatoms. The third kappa shape index (κ3) is 3.29. The van der Waals surface area contributed by atoms with Gasteiger partial charge in [0, 0.05) is 45.8 Å². The van der Waals surface area contributed by atoms with Crippen LogP contribution in [0.25, 0.3) is 0 Å². The molecule has 1 aromatic rings. The van der Waals surface area contributed by atoms with Crippen molar-refractivity contribution in [2.45, 2.75) is 25.4 Å². The van der Waals surface area contributed by atoms with Crippen LogP contribution in [0.4, 0.5) is 5.13 Å². The Labute approximate surface area is 124 Å². The van der Waals surface area contributed by atoms with Crippen LogP contribution in [-0.2, 0) is 27.4 Å². The molecule has 0 aromatic carbocycles. The third-order valence-electron chi connectivity index (χ3n) is 3.48. The summed E-state index contributed by atoms with van der Waals surface area (Å²) in [7, 11) is 7.09. The summed E-state index contributed by atoms with van der Waals surface area (Å²) in [5.74, 6) is 0. The first-order valence-electron chi connectivity index (χ1n) is 6.66. The zero-order chi connectivity index (χ0) is 14.5. The molecule has 0 amide bonds. The number of rotatable bonds is 7. The first-order chi connectivity index (χ1) is 9.73. The van der Waals surface area contributed by atoms with Crippen LogP contribution in [0.15, 0.2) is 0 Å². The van der Waals surface area contributed by atoms with E-state index in [4.69, 9.17) is 19.2 Å². The van der Waals surface area contributed by atoms with Crippen LogP contribution < -0.4 is 10.2 Å². The van der Waals surface area contributed by atoms with E-state index < -0.39 is 0 Å². The zero-order valence-corrected chi connectivity index (χ0v) is 13.3. The van der Waals surface area contributed by atoms with Crippen molar-refractivity contribution in [3.63, 3.8) is 0 Å². The predicted octanol–water partition coefficient (Wildman–Crippen LogP) is 0.859. The van der Waals surface area contributed by atoms with Gasteiger partial charge in [0.1, 0.15) is 12.2 Å². The topological polar surface area (TPSA) is 55.9 Å². The molecular weight excluding hydrogens is 278 g/mol. The van der Waals surface area contributed by atoms with E-state index >= 15 is 0 Å². The molecule has 0 aliphatic carbocycles. The van der Waals surface area contributed by atoms with Crippen LogP contribution in [0.3, 0.4) is 0 Å². The molecule has 0 saturated carbocycles. The second kappa shape index (κ2) is 7.33. The maximum atomic E-state index is 5.47. The number of nitrogens with zero attached hydrogens (tertiary/aromatic N) is 2. The first-order valence-corrected chi connectivity index (χ1v) is 7.47. The molecule has 6 nitrogen and oxygen atoms in total. The van der Waals surface area contributed by atoms with Gasteiger partial charge in [-0.25, -0.2) is 4.98 Å². The average Bonchev–Trinajstić information content (AvgIpc) is 3.03. The number of nitrogens with one attached hydrogen (secondary N) is 1. The van der Waals surface area contributed by atoms with Gasteiger partial charge in [-0.15, -0.1) is 11.3 Å². The van der Waals surface area contributed by atoms with Gasteiger partial charge < -0.3 is 24.4 Å². The molecule has 2 unspecified atom stereocenters. The normalized spacial score (nSPS) is 22.7. The van der Waals surface area contributed by atoms with Crippen molar-refractivity contribution in [3.8, 4) is 0 Å². The largest absolute Gasteiger partial charge is 0.378 e. The summed E-state index contributed by atoms with van der Waals surface area (Å²) < 4.78 is 16.2. The Morgan fingerprint density at radius 2 is 1.90 bits per heavy atom. The monoisotopic (exact) mass is 301 g/mol. The second-order valence-electron chi connectivity index (χ2n) is 4.78. The Morgan fingerprint density at radius 1 is 1.25 bits per heavy atom. The molecule has 1 aliphatic heterocycles. The van der Waals surface area contributed by atoms with E-state index in [9.17, 15) is 0 Å². The van der Waals surface area contributed by atoms with E-state index in [1.165, 1.54) is 4.88 Å². The van der Waals surface area contributed by atoms with E-state index in [-0.39, 0.29) is 12.2 Å². The fraction of sp³-hybridized carbons (Fsp3) is 0.769. The molecule has 1 saturated heterocycles. The van der Waals surface area contributed by atoms with Gasteiger partial charge in [0.25, 0.3) is 0 Å². The van der Waals surface area contributed by atoms with Crippen LogP contribution >= 0.6 is 11.3 Å². The highest BCUT2D eigenvalue weighted by Crippen LogP contribution is 2.30. The lowest BCUT2D eigenvalue weighted by molar-refractivity contribution is -0.00461. The molecule has 1 aliphatic rings. The Balaban J connectivity index is 2.14. The second-order valence-corrected chi connectivity index (χ2v) is 5.85. The molecule has 1 fully saturated rings. The van der Waals surface area contributed by atoms with Gasteiger partial charge in [0.15, 0.2) is 5.13 Å². The molecule has 1 N–H and O–H groups in total. The van der Waals surface area contributed by atoms with Crippen LogP contribution in [0.5, 0.6) is 0 Å². The molecule has 0 radical (unpaired) electrons. The summed E-state index contributed by atoms with van der Waals surface area (Å²) in [5, 5.41) is 4.19. The third-order valence-corrected chi connectivity index (χ3v) is 4.64. The van der Waals surface area contributed by atoms with Crippen LogP contribution in [0.2, 0.25) is 0 Å². The highest BCUT2D eigenvalue weighted by Gasteiger charge is 2.34. The minimum Gasteiger partial charge on any atom is -0.378 e. The summed E-state index contributed by atoms with van der Waals surface area (Å²) >= 11 is 1.71. The van der Waals surface area contributed by atoms with E-state index in [1.807, 2.05) is 7.05 Å². The Hall–Kier alpha value is -0.730. The minimum absolute atomic E-state index is 0.0996. The average molecular weight is 301 g/mol. The number of aromatic nitrogens is 1. The number of anilines is 1. The molecule has 20 heavy (non-hydrogen) atoms. The molecule has 0 bridgehead atoms. The molecule has 2 heterocycles. The van der Waals surface area contributed by atoms with Crippen LogP contribution in [0, 0.1) is 0 Å². The van der Waals surface area contributed by atoms with Gasteiger partial charge in [-0.2, -0.15) is 0 Å². The van der Waals surface area contributed by atoms with Gasteiger partial charge in [-0.1, -0.05) is 0 Å². The Morgan fingerprint density at radius 3 is 2.40 bits per heavy atom. The van der Waals surface area contributed by atoms with E-state index in [2.05, 4.69) is 10.2 Å². The fourth-order valence-electron chi connectivity index (χ4n) is 2.41. The van der Waals surface area contributed by atoms with Gasteiger partial charge in [-0.3, -0.25) is 0 Å². The maximum absolute atomic E-state index is 5.47. The predicted molar refractivity (Wildman–Crippen MR) is 79.4 cm³/mol. The van der Waals surface area contributed by atoms with Crippen molar-refractivity contribution in [2.24, 2.45) is 0 Å². The molecular formula is C13H23N3O3S. The van der Waals surface area contributed by atoms with Crippen molar-refractivity contribution < 1.29 is 14.2 Å². The van der Waals surface area contributed by atoms with Gasteiger partial charge in [0.2, 0.25) is 0 Å². The summed E-state index contributed by atoms with van der Waals surface area (Å²) in [6.07, 6.45) is 0.199. The van der Waals surface area contributed by atoms with Crippen molar-refractivity contribution >= 4 is 16.5 Å². The van der Waals surface area contributed by atoms with Crippen molar-refractivity contribution in [1.82, 2.24) is 10.3 Å². The highest BCUT2D eigenvalue weighted by molar-refractivity contribution is 7.15. The van der Waals surface area contributed by atoms with Crippen LogP contribution in [0.1, 0.15) is 10.6 Å². The molecule has 2 rings (SSSR count). The van der Waals surface area contributed by atoms with Crippen molar-refractivity contribution in [2.75, 3.05) is 46.4 Å². The lowest BCUT2D eigenvalue weighted by atomic mass is 10.3. The molecule has 0 spiro atoms. The fourth-order valence-corrected chi connectivity index (χ4v) is 3.50. The van der Waals surface area contributed by atoms with Crippen molar-refractivity contribution in [3.05, 3.63) is 10.6 Å². The standard InChI is InChI=1S/C13H23N3O3S/c1-14-5-12-9(8-17-2)15-13(20-12)16-6-10(18-3)11(7-16)19-4/h10-11,14H,5-8H2,1-4H3. The van der Waals surface area contributed by atoms with Crippen molar-refractivity contribution in [1.29, 1.82) is 0 Å².